The second-order valence-electron chi connectivity index (χ2n) is 4.69. The fraction of sp³-hybridized carbons (Fsp3) is 0.200. The van der Waals surface area contributed by atoms with Gasteiger partial charge in [-0.25, -0.2) is 0 Å². The lowest BCUT2D eigenvalue weighted by molar-refractivity contribution is 0.312. The van der Waals surface area contributed by atoms with Crippen LogP contribution in [0.5, 0.6) is 5.75 Å². The van der Waals surface area contributed by atoms with E-state index < -0.39 is 0 Å². The van der Waals surface area contributed by atoms with Crippen LogP contribution < -0.4 is 5.73 Å². The van der Waals surface area contributed by atoms with Crippen LogP contribution in [-0.2, 0) is 13.1 Å². The molecule has 3 nitrogen and oxygen atoms in total. The Hall–Kier alpha value is -1.52. The van der Waals surface area contributed by atoms with E-state index in [-0.39, 0.29) is 5.75 Å². The van der Waals surface area contributed by atoms with Crippen LogP contribution in [0, 0.1) is 0 Å². The molecule has 0 aromatic heterocycles. The number of phenolic OH excluding ortho intramolecular Hbond substituents is 1. The van der Waals surface area contributed by atoms with Gasteiger partial charge in [0.2, 0.25) is 0 Å². The largest absolute Gasteiger partial charge is 0.508 e. The summed E-state index contributed by atoms with van der Waals surface area (Å²) in [7, 11) is 2.02. The predicted molar refractivity (Wildman–Crippen MR) is 81.8 cm³/mol. The summed E-state index contributed by atoms with van der Waals surface area (Å²) < 4.78 is 1.08. The van der Waals surface area contributed by atoms with Crippen molar-refractivity contribution in [2.45, 2.75) is 13.1 Å². The minimum absolute atomic E-state index is 0.289. The molecule has 2 aromatic rings. The Morgan fingerprint density at radius 2 is 1.79 bits per heavy atom. The quantitative estimate of drug-likeness (QED) is 0.670. The molecular formula is C15H17BrN2O. The van der Waals surface area contributed by atoms with Crippen molar-refractivity contribution < 1.29 is 5.11 Å². The zero-order valence-corrected chi connectivity index (χ0v) is 12.4. The summed E-state index contributed by atoms with van der Waals surface area (Å²) in [5.41, 5.74) is 8.49. The van der Waals surface area contributed by atoms with E-state index in [1.165, 1.54) is 5.56 Å². The summed E-state index contributed by atoms with van der Waals surface area (Å²) in [4.78, 5) is 2.14. The van der Waals surface area contributed by atoms with Crippen molar-refractivity contribution in [3.05, 3.63) is 58.1 Å². The normalized spacial score (nSPS) is 10.9. The lowest BCUT2D eigenvalue weighted by Gasteiger charge is -2.18. The van der Waals surface area contributed by atoms with Gasteiger partial charge in [-0.3, -0.25) is 4.90 Å². The van der Waals surface area contributed by atoms with Crippen molar-refractivity contribution >= 4 is 21.6 Å². The van der Waals surface area contributed by atoms with E-state index in [9.17, 15) is 5.11 Å². The van der Waals surface area contributed by atoms with Gasteiger partial charge in [-0.15, -0.1) is 0 Å². The number of hydrogen-bond acceptors (Lipinski definition) is 3. The number of rotatable bonds is 4. The number of nitrogen functional groups attached to an aromatic ring is 1. The molecule has 3 N–H and O–H groups in total. The van der Waals surface area contributed by atoms with Gasteiger partial charge in [0, 0.05) is 28.8 Å². The summed E-state index contributed by atoms with van der Waals surface area (Å²) in [5, 5.41) is 9.80. The van der Waals surface area contributed by atoms with Crippen molar-refractivity contribution in [3.8, 4) is 5.75 Å². The van der Waals surface area contributed by atoms with E-state index in [2.05, 4.69) is 33.0 Å². The van der Waals surface area contributed by atoms with Crippen LogP contribution in [0.1, 0.15) is 11.1 Å². The second-order valence-corrected chi connectivity index (χ2v) is 5.60. The Kier molecular flexibility index (Phi) is 4.45. The van der Waals surface area contributed by atoms with Gasteiger partial charge in [0.25, 0.3) is 0 Å². The molecule has 0 fully saturated rings. The highest BCUT2D eigenvalue weighted by atomic mass is 79.9. The molecule has 0 saturated heterocycles. The van der Waals surface area contributed by atoms with Gasteiger partial charge in [0.05, 0.1) is 0 Å². The van der Waals surface area contributed by atoms with E-state index in [4.69, 9.17) is 5.73 Å². The van der Waals surface area contributed by atoms with Crippen LogP contribution in [0.25, 0.3) is 0 Å². The third-order valence-electron chi connectivity index (χ3n) is 2.91. The molecular weight excluding hydrogens is 304 g/mol. The number of nitrogens with zero attached hydrogens (tertiary/aromatic N) is 1. The highest BCUT2D eigenvalue weighted by Gasteiger charge is 2.06. The van der Waals surface area contributed by atoms with E-state index in [0.29, 0.717) is 12.2 Å². The molecule has 0 spiro atoms. The van der Waals surface area contributed by atoms with Gasteiger partial charge in [0.15, 0.2) is 0 Å². The maximum Gasteiger partial charge on any atom is 0.120 e. The SMILES string of the molecule is CN(Cc1ccc(Br)cc1)Cc1cc(N)ccc1O. The van der Waals surface area contributed by atoms with Crippen LogP contribution in [0.3, 0.4) is 0 Å². The fourth-order valence-corrected chi connectivity index (χ4v) is 2.24. The summed E-state index contributed by atoms with van der Waals surface area (Å²) in [5.74, 6) is 0.289. The Bertz CT molecular complexity index is 555. The average molecular weight is 321 g/mol. The average Bonchev–Trinajstić information content (AvgIpc) is 2.37. The van der Waals surface area contributed by atoms with E-state index in [1.807, 2.05) is 25.2 Å². The zero-order chi connectivity index (χ0) is 13.8. The van der Waals surface area contributed by atoms with Crippen molar-refractivity contribution in [2.75, 3.05) is 12.8 Å². The molecule has 4 heteroatoms. The zero-order valence-electron chi connectivity index (χ0n) is 10.8. The maximum atomic E-state index is 9.80. The van der Waals surface area contributed by atoms with Crippen LogP contribution in [-0.4, -0.2) is 17.1 Å². The van der Waals surface area contributed by atoms with Gasteiger partial charge in [-0.2, -0.15) is 0 Å². The molecule has 0 unspecified atom stereocenters. The Morgan fingerprint density at radius 1 is 1.11 bits per heavy atom. The summed E-state index contributed by atoms with van der Waals surface area (Å²) >= 11 is 3.42. The van der Waals surface area contributed by atoms with Crippen molar-refractivity contribution in [2.24, 2.45) is 0 Å². The molecule has 0 saturated carbocycles. The summed E-state index contributed by atoms with van der Waals surface area (Å²) in [6.07, 6.45) is 0. The molecule has 0 amide bonds. The number of nitrogens with two attached hydrogens (primary N) is 1. The third kappa shape index (κ3) is 3.98. The first-order valence-electron chi connectivity index (χ1n) is 6.05. The lowest BCUT2D eigenvalue weighted by Crippen LogP contribution is -2.17. The minimum atomic E-state index is 0.289. The smallest absolute Gasteiger partial charge is 0.120 e. The highest BCUT2D eigenvalue weighted by molar-refractivity contribution is 9.10. The van der Waals surface area contributed by atoms with Crippen LogP contribution in [0.4, 0.5) is 5.69 Å². The molecule has 2 aromatic carbocycles. The van der Waals surface area contributed by atoms with Crippen LogP contribution >= 0.6 is 15.9 Å². The molecule has 0 radical (unpaired) electrons. The topological polar surface area (TPSA) is 49.5 Å². The van der Waals surface area contributed by atoms with E-state index in [1.54, 1.807) is 12.1 Å². The minimum Gasteiger partial charge on any atom is -0.508 e. The van der Waals surface area contributed by atoms with Gasteiger partial charge < -0.3 is 10.8 Å². The number of phenols is 1. The molecule has 19 heavy (non-hydrogen) atoms. The number of hydrogen-bond donors (Lipinski definition) is 2. The van der Waals surface area contributed by atoms with Crippen molar-refractivity contribution in [1.29, 1.82) is 0 Å². The Morgan fingerprint density at radius 3 is 2.47 bits per heavy atom. The first kappa shape index (κ1) is 13.9. The third-order valence-corrected chi connectivity index (χ3v) is 3.44. The highest BCUT2D eigenvalue weighted by Crippen LogP contribution is 2.21. The fourth-order valence-electron chi connectivity index (χ4n) is 1.98. The molecule has 0 aliphatic heterocycles. The molecule has 0 aliphatic carbocycles. The van der Waals surface area contributed by atoms with Gasteiger partial charge in [-0.05, 0) is 42.9 Å². The standard InChI is InChI=1S/C15H17BrN2O/c1-18(9-11-2-4-13(16)5-3-11)10-12-8-14(17)6-7-15(12)19/h2-8,19H,9-10,17H2,1H3. The van der Waals surface area contributed by atoms with Crippen LogP contribution in [0.15, 0.2) is 46.9 Å². The van der Waals surface area contributed by atoms with Crippen molar-refractivity contribution in [1.82, 2.24) is 4.90 Å². The van der Waals surface area contributed by atoms with Gasteiger partial charge in [0.1, 0.15) is 5.75 Å². The molecule has 0 bridgehead atoms. The number of aromatic hydroxyl groups is 1. The molecule has 0 heterocycles. The Balaban J connectivity index is 2.02. The van der Waals surface area contributed by atoms with Crippen LogP contribution in [0.2, 0.25) is 0 Å². The van der Waals surface area contributed by atoms with E-state index in [0.717, 1.165) is 16.6 Å². The Labute approximate surface area is 121 Å². The summed E-state index contributed by atoms with van der Waals surface area (Å²) in [6.45, 7) is 1.48. The molecule has 0 aliphatic rings. The monoisotopic (exact) mass is 320 g/mol. The molecule has 100 valence electrons. The number of halogens is 1. The second kappa shape index (κ2) is 6.08. The molecule has 2 rings (SSSR count). The number of benzene rings is 2. The molecule has 0 atom stereocenters. The number of anilines is 1. The summed E-state index contributed by atoms with van der Waals surface area (Å²) in [6, 6.07) is 13.4. The maximum absolute atomic E-state index is 9.80. The first-order chi connectivity index (χ1) is 9.04. The lowest BCUT2D eigenvalue weighted by atomic mass is 10.1. The van der Waals surface area contributed by atoms with E-state index >= 15 is 0 Å². The van der Waals surface area contributed by atoms with Gasteiger partial charge >= 0.3 is 0 Å². The predicted octanol–water partition coefficient (Wildman–Crippen LogP) is 3.37. The first-order valence-corrected chi connectivity index (χ1v) is 6.84. The van der Waals surface area contributed by atoms with Gasteiger partial charge in [-0.1, -0.05) is 28.1 Å². The van der Waals surface area contributed by atoms with Crippen molar-refractivity contribution in [3.63, 3.8) is 0 Å².